The van der Waals surface area contributed by atoms with Gasteiger partial charge in [-0.2, -0.15) is 4.98 Å². The summed E-state index contributed by atoms with van der Waals surface area (Å²) in [5.41, 5.74) is 6.14. The minimum atomic E-state index is -0.105. The van der Waals surface area contributed by atoms with Gasteiger partial charge in [-0.3, -0.25) is 0 Å². The Kier molecular flexibility index (Phi) is 3.85. The molecular weight excluding hydrogens is 250 g/mol. The van der Waals surface area contributed by atoms with E-state index < -0.39 is 0 Å². The number of hydrogen-bond acceptors (Lipinski definition) is 4. The van der Waals surface area contributed by atoms with Crippen LogP contribution in [0.25, 0.3) is 0 Å². The molecule has 2 aliphatic rings. The fourth-order valence-electron chi connectivity index (χ4n) is 3.92. The lowest BCUT2D eigenvalue weighted by molar-refractivity contribution is 0.271. The third-order valence-electron chi connectivity index (χ3n) is 5.75. The van der Waals surface area contributed by atoms with E-state index in [0.717, 1.165) is 36.9 Å². The normalized spacial score (nSPS) is 38.2. The monoisotopic (exact) mass is 277 g/mol. The molecule has 0 spiro atoms. The van der Waals surface area contributed by atoms with Crippen molar-refractivity contribution in [1.29, 1.82) is 0 Å². The molecule has 0 aliphatic heterocycles. The lowest BCUT2D eigenvalue weighted by atomic mass is 9.80. The summed E-state index contributed by atoms with van der Waals surface area (Å²) < 4.78 is 5.59. The Morgan fingerprint density at radius 2 is 2.00 bits per heavy atom. The van der Waals surface area contributed by atoms with Gasteiger partial charge in [-0.15, -0.1) is 0 Å². The Labute approximate surface area is 121 Å². The molecule has 1 heterocycles. The predicted molar refractivity (Wildman–Crippen MR) is 78.5 cm³/mol. The summed E-state index contributed by atoms with van der Waals surface area (Å²) in [5, 5.41) is 4.27. The summed E-state index contributed by atoms with van der Waals surface area (Å²) in [6, 6.07) is 0.159. The highest BCUT2D eigenvalue weighted by Gasteiger charge is 2.43. The zero-order valence-electron chi connectivity index (χ0n) is 12.8. The minimum Gasteiger partial charge on any atom is -0.339 e. The number of hydrogen-bond donors (Lipinski definition) is 1. The summed E-state index contributed by atoms with van der Waals surface area (Å²) in [7, 11) is 0. The number of nitrogens with zero attached hydrogens (tertiary/aromatic N) is 2. The molecule has 0 aromatic carbocycles. The molecule has 2 fully saturated rings. The third kappa shape index (κ3) is 2.39. The standard InChI is InChI=1S/C16H27N3O/c1-3-11-6-8-12(9-7-11)14-18-15(20-19-14)16(2)10-4-5-13(16)17/h11-13H,3-10,17H2,1-2H3. The molecule has 0 saturated heterocycles. The number of nitrogens with two attached hydrogens (primary N) is 1. The van der Waals surface area contributed by atoms with Gasteiger partial charge in [0.25, 0.3) is 0 Å². The van der Waals surface area contributed by atoms with Gasteiger partial charge in [-0.1, -0.05) is 24.9 Å². The van der Waals surface area contributed by atoms with Gasteiger partial charge in [-0.25, -0.2) is 0 Å². The summed E-state index contributed by atoms with van der Waals surface area (Å²) in [6.45, 7) is 4.47. The van der Waals surface area contributed by atoms with Crippen LogP contribution in [0.3, 0.4) is 0 Å². The van der Waals surface area contributed by atoms with E-state index in [9.17, 15) is 0 Å². The minimum absolute atomic E-state index is 0.105. The number of rotatable bonds is 3. The Morgan fingerprint density at radius 1 is 1.25 bits per heavy atom. The van der Waals surface area contributed by atoms with Gasteiger partial charge in [0.2, 0.25) is 5.89 Å². The van der Waals surface area contributed by atoms with Crippen LogP contribution in [0.1, 0.15) is 82.8 Å². The third-order valence-corrected chi connectivity index (χ3v) is 5.75. The lowest BCUT2D eigenvalue weighted by Crippen LogP contribution is -2.38. The summed E-state index contributed by atoms with van der Waals surface area (Å²) in [5.74, 6) is 3.10. The van der Waals surface area contributed by atoms with E-state index in [1.807, 2.05) is 0 Å². The molecule has 0 bridgehead atoms. The molecule has 2 atom stereocenters. The van der Waals surface area contributed by atoms with Crippen LogP contribution in [-0.2, 0) is 5.41 Å². The van der Waals surface area contributed by atoms with Crippen molar-refractivity contribution in [3.8, 4) is 0 Å². The van der Waals surface area contributed by atoms with E-state index in [-0.39, 0.29) is 11.5 Å². The maximum absolute atomic E-state index is 6.24. The zero-order chi connectivity index (χ0) is 14.2. The fraction of sp³-hybridized carbons (Fsp3) is 0.875. The van der Waals surface area contributed by atoms with Crippen molar-refractivity contribution in [1.82, 2.24) is 10.1 Å². The van der Waals surface area contributed by atoms with E-state index in [1.54, 1.807) is 0 Å². The molecule has 4 nitrogen and oxygen atoms in total. The molecule has 2 aliphatic carbocycles. The van der Waals surface area contributed by atoms with Crippen LogP contribution < -0.4 is 5.73 Å². The molecule has 112 valence electrons. The van der Waals surface area contributed by atoms with Gasteiger partial charge in [0.1, 0.15) is 0 Å². The molecule has 3 rings (SSSR count). The zero-order valence-corrected chi connectivity index (χ0v) is 12.8. The Balaban J connectivity index is 1.71. The maximum atomic E-state index is 6.24. The molecule has 4 heteroatoms. The average Bonchev–Trinajstić information content (AvgIpc) is 3.08. The maximum Gasteiger partial charge on any atom is 0.234 e. The summed E-state index contributed by atoms with van der Waals surface area (Å²) in [4.78, 5) is 4.73. The van der Waals surface area contributed by atoms with Gasteiger partial charge in [-0.05, 0) is 51.4 Å². The molecule has 0 amide bonds. The van der Waals surface area contributed by atoms with Crippen LogP contribution in [0.4, 0.5) is 0 Å². The topological polar surface area (TPSA) is 64.9 Å². The van der Waals surface area contributed by atoms with Crippen molar-refractivity contribution in [2.24, 2.45) is 11.7 Å². The first-order valence-electron chi connectivity index (χ1n) is 8.23. The van der Waals surface area contributed by atoms with E-state index >= 15 is 0 Å². The van der Waals surface area contributed by atoms with Crippen LogP contribution in [0.5, 0.6) is 0 Å². The van der Waals surface area contributed by atoms with Crippen LogP contribution in [0.2, 0.25) is 0 Å². The van der Waals surface area contributed by atoms with E-state index in [1.165, 1.54) is 32.1 Å². The summed E-state index contributed by atoms with van der Waals surface area (Å²) >= 11 is 0. The predicted octanol–water partition coefficient (Wildman–Crippen LogP) is 3.52. The van der Waals surface area contributed by atoms with Crippen LogP contribution in [0.15, 0.2) is 4.52 Å². The number of aromatic nitrogens is 2. The largest absolute Gasteiger partial charge is 0.339 e. The molecular formula is C16H27N3O. The van der Waals surface area contributed by atoms with Crippen molar-refractivity contribution < 1.29 is 4.52 Å². The van der Waals surface area contributed by atoms with Crippen molar-refractivity contribution >= 4 is 0 Å². The van der Waals surface area contributed by atoms with Gasteiger partial charge < -0.3 is 10.3 Å². The molecule has 20 heavy (non-hydrogen) atoms. The quantitative estimate of drug-likeness (QED) is 0.918. The van der Waals surface area contributed by atoms with Crippen LogP contribution in [-0.4, -0.2) is 16.2 Å². The molecule has 2 N–H and O–H groups in total. The summed E-state index contributed by atoms with van der Waals surface area (Å²) in [6.07, 6.45) is 9.63. The molecule has 0 radical (unpaired) electrons. The van der Waals surface area contributed by atoms with Crippen molar-refractivity contribution in [2.75, 3.05) is 0 Å². The first-order valence-corrected chi connectivity index (χ1v) is 8.23. The molecule has 2 saturated carbocycles. The Bertz CT molecular complexity index is 450. The van der Waals surface area contributed by atoms with Crippen LogP contribution >= 0.6 is 0 Å². The highest BCUT2D eigenvalue weighted by molar-refractivity contribution is 5.13. The molecule has 2 unspecified atom stereocenters. The Morgan fingerprint density at radius 3 is 2.60 bits per heavy atom. The second kappa shape index (κ2) is 5.47. The van der Waals surface area contributed by atoms with Crippen LogP contribution in [0, 0.1) is 5.92 Å². The highest BCUT2D eigenvalue weighted by atomic mass is 16.5. The van der Waals surface area contributed by atoms with E-state index in [2.05, 4.69) is 19.0 Å². The lowest BCUT2D eigenvalue weighted by Gasteiger charge is -2.26. The average molecular weight is 277 g/mol. The first-order chi connectivity index (χ1) is 9.63. The van der Waals surface area contributed by atoms with Crippen molar-refractivity contribution in [3.05, 3.63) is 11.7 Å². The van der Waals surface area contributed by atoms with Gasteiger partial charge in [0.15, 0.2) is 5.82 Å². The molecule has 1 aromatic heterocycles. The van der Waals surface area contributed by atoms with Gasteiger partial charge in [0.05, 0.1) is 5.41 Å². The Hall–Kier alpha value is -0.900. The second-order valence-electron chi connectivity index (χ2n) is 7.00. The van der Waals surface area contributed by atoms with E-state index in [0.29, 0.717) is 5.92 Å². The van der Waals surface area contributed by atoms with Gasteiger partial charge in [0, 0.05) is 12.0 Å². The second-order valence-corrected chi connectivity index (χ2v) is 7.00. The first kappa shape index (κ1) is 14.1. The van der Waals surface area contributed by atoms with E-state index in [4.69, 9.17) is 15.2 Å². The SMILES string of the molecule is CCC1CCC(c2noc(C3(C)CCCC3N)n2)CC1. The van der Waals surface area contributed by atoms with Crippen molar-refractivity contribution in [3.63, 3.8) is 0 Å². The highest BCUT2D eigenvalue weighted by Crippen LogP contribution is 2.41. The van der Waals surface area contributed by atoms with Gasteiger partial charge >= 0.3 is 0 Å². The molecule has 1 aromatic rings. The fourth-order valence-corrected chi connectivity index (χ4v) is 3.92. The smallest absolute Gasteiger partial charge is 0.234 e. The van der Waals surface area contributed by atoms with Crippen molar-refractivity contribution in [2.45, 2.75) is 82.6 Å².